The van der Waals surface area contributed by atoms with E-state index in [0.717, 1.165) is 23.5 Å². The third-order valence-corrected chi connectivity index (χ3v) is 15.4. The van der Waals surface area contributed by atoms with E-state index in [1.807, 2.05) is 6.92 Å². The average Bonchev–Trinajstić information content (AvgIpc) is 4.22. The molecule has 0 amide bonds. The predicted molar refractivity (Wildman–Crippen MR) is 317 cm³/mol. The van der Waals surface area contributed by atoms with Gasteiger partial charge in [0.1, 0.15) is 0 Å². The fourth-order valence-corrected chi connectivity index (χ4v) is 12.1. The maximum absolute atomic E-state index is 2.52. The van der Waals surface area contributed by atoms with E-state index in [2.05, 4.69) is 281 Å². The van der Waals surface area contributed by atoms with Gasteiger partial charge < -0.3 is 18.3 Å². The number of benzene rings is 11. The van der Waals surface area contributed by atoms with Crippen LogP contribution in [0.3, 0.4) is 0 Å². The molecule has 0 N–H and O–H groups in total. The lowest BCUT2D eigenvalue weighted by molar-refractivity contribution is 1.02. The second-order valence-electron chi connectivity index (χ2n) is 19.5. The molecule has 0 unspecified atom stereocenters. The number of hydrogen-bond acceptors (Lipinski definition) is 0. The van der Waals surface area contributed by atoms with Crippen LogP contribution in [0.5, 0.6) is 0 Å². The highest BCUT2D eigenvalue weighted by Gasteiger charge is 2.22. The highest BCUT2D eigenvalue weighted by atomic mass is 15.0. The van der Waals surface area contributed by atoms with E-state index in [9.17, 15) is 0 Å². The Morgan fingerprint density at radius 2 is 0.892 bits per heavy atom. The lowest BCUT2D eigenvalue weighted by Gasteiger charge is -2.12. The summed E-state index contributed by atoms with van der Waals surface area (Å²) in [6.07, 6.45) is 5.34. The van der Waals surface area contributed by atoms with Crippen LogP contribution in [-0.4, -0.2) is 18.3 Å². The van der Waals surface area contributed by atoms with E-state index < -0.39 is 0 Å². The Kier molecular flexibility index (Phi) is 10.2. The van der Waals surface area contributed by atoms with Gasteiger partial charge in [0.15, 0.2) is 0 Å². The van der Waals surface area contributed by atoms with Crippen LogP contribution in [0.4, 0.5) is 0 Å². The summed E-state index contributed by atoms with van der Waals surface area (Å²) < 4.78 is 9.73. The smallest absolute Gasteiger partial charge is 0.0568 e. The van der Waals surface area contributed by atoms with Crippen molar-refractivity contribution in [3.63, 3.8) is 0 Å². The zero-order valence-corrected chi connectivity index (χ0v) is 41.7. The third-order valence-electron chi connectivity index (χ3n) is 15.4. The van der Waals surface area contributed by atoms with Crippen molar-refractivity contribution in [2.45, 2.75) is 20.3 Å². The summed E-state index contributed by atoms with van der Waals surface area (Å²) in [5, 5.41) is 12.4. The van der Waals surface area contributed by atoms with E-state index in [1.165, 1.54) is 120 Å². The zero-order valence-electron chi connectivity index (χ0n) is 41.7. The van der Waals surface area contributed by atoms with Crippen molar-refractivity contribution in [1.82, 2.24) is 18.3 Å². The first-order valence-electron chi connectivity index (χ1n) is 25.8. The van der Waals surface area contributed by atoms with E-state index in [0.29, 0.717) is 0 Å². The van der Waals surface area contributed by atoms with Gasteiger partial charge in [0.2, 0.25) is 0 Å². The Labute approximate surface area is 429 Å². The Hall–Kier alpha value is -9.38. The topological polar surface area (TPSA) is 19.7 Å². The number of fused-ring (bicyclic) bond motifs is 13. The number of hydrogen-bond donors (Lipinski definition) is 0. The van der Waals surface area contributed by atoms with Gasteiger partial charge in [-0.25, -0.2) is 0 Å². The van der Waals surface area contributed by atoms with Crippen molar-refractivity contribution in [3.05, 3.63) is 249 Å². The monoisotopic (exact) mass is 948 g/mol. The van der Waals surface area contributed by atoms with Crippen molar-refractivity contribution in [2.24, 2.45) is 7.05 Å². The highest BCUT2D eigenvalue weighted by molar-refractivity contribution is 6.20. The van der Waals surface area contributed by atoms with E-state index in [4.69, 9.17) is 0 Å². The Morgan fingerprint density at radius 1 is 0.351 bits per heavy atom. The first-order valence-corrected chi connectivity index (χ1v) is 25.8. The molecule has 352 valence electrons. The second kappa shape index (κ2) is 17.4. The molecule has 0 fully saturated rings. The quantitative estimate of drug-likeness (QED) is 0.148. The number of para-hydroxylation sites is 6. The van der Waals surface area contributed by atoms with Crippen molar-refractivity contribution in [1.29, 1.82) is 0 Å². The average molecular weight is 949 g/mol. The van der Waals surface area contributed by atoms with Crippen molar-refractivity contribution in [3.8, 4) is 39.3 Å². The van der Waals surface area contributed by atoms with Crippen LogP contribution in [0.15, 0.2) is 249 Å². The Balaban J connectivity index is 0.000000966. The minimum absolute atomic E-state index is 1.14. The van der Waals surface area contributed by atoms with Crippen molar-refractivity contribution >= 4 is 98.0 Å². The van der Waals surface area contributed by atoms with Gasteiger partial charge >= 0.3 is 0 Å². The van der Waals surface area contributed by atoms with E-state index in [-0.39, 0.29) is 0 Å². The fourth-order valence-electron chi connectivity index (χ4n) is 12.1. The minimum Gasteiger partial charge on any atom is -0.343 e. The van der Waals surface area contributed by atoms with Crippen LogP contribution in [0.1, 0.15) is 20.3 Å². The predicted octanol–water partition coefficient (Wildman–Crippen LogP) is 19.1. The lowest BCUT2D eigenvalue weighted by Crippen LogP contribution is -1.96. The van der Waals surface area contributed by atoms with Crippen LogP contribution in [-0.2, 0) is 7.05 Å². The number of allylic oxidation sites excluding steroid dienone is 2. The molecule has 0 bridgehead atoms. The molecule has 0 saturated carbocycles. The summed E-state index contributed by atoms with van der Waals surface area (Å²) >= 11 is 0. The fraction of sp³-hybridized carbons (Fsp3) is 0.0571. The normalized spacial score (nSPS) is 12.0. The van der Waals surface area contributed by atoms with Crippen LogP contribution >= 0.6 is 0 Å². The van der Waals surface area contributed by atoms with Gasteiger partial charge in [-0.15, -0.1) is 0 Å². The van der Waals surface area contributed by atoms with Gasteiger partial charge in [0, 0.05) is 72.6 Å². The van der Waals surface area contributed by atoms with E-state index in [1.54, 1.807) is 0 Å². The maximum atomic E-state index is 2.52. The van der Waals surface area contributed by atoms with E-state index >= 15 is 0 Å². The molecule has 4 nitrogen and oxygen atoms in total. The minimum atomic E-state index is 1.14. The molecule has 15 aromatic rings. The molecule has 4 heterocycles. The summed E-state index contributed by atoms with van der Waals surface area (Å²) in [6, 6.07) is 87.4. The lowest BCUT2D eigenvalue weighted by atomic mass is 9.98. The number of aryl methyl sites for hydroxylation is 1. The van der Waals surface area contributed by atoms with Crippen LogP contribution in [0.2, 0.25) is 0 Å². The number of aromatic nitrogens is 4. The van der Waals surface area contributed by atoms with Gasteiger partial charge in [-0.3, -0.25) is 0 Å². The molecule has 0 aliphatic rings. The molecule has 0 spiro atoms. The van der Waals surface area contributed by atoms with Crippen LogP contribution in [0, 0.1) is 0 Å². The van der Waals surface area contributed by atoms with Gasteiger partial charge in [-0.1, -0.05) is 165 Å². The molecular weight excluding hydrogens is 897 g/mol. The summed E-state index contributed by atoms with van der Waals surface area (Å²) in [7, 11) is 2.19. The van der Waals surface area contributed by atoms with Crippen molar-refractivity contribution < 1.29 is 0 Å². The van der Waals surface area contributed by atoms with Crippen molar-refractivity contribution in [2.75, 3.05) is 0 Å². The first-order chi connectivity index (χ1) is 36.6. The molecule has 0 atom stereocenters. The molecule has 15 rings (SSSR count). The molecular formula is C70H52N4. The second-order valence-corrected chi connectivity index (χ2v) is 19.5. The molecule has 74 heavy (non-hydrogen) atoms. The SMILES string of the molecule is C/C=C\CC.Cn1c2ccccc2c2cccc(-c3ccc4cc5c6ccccc6n(-c6cccc7c6c6cc(-c8ccc9c%10ccccc%10n(-c%10ccccc%10)c9c8)ccc6n7-c6ccccc6)c5cc4c3)c21. The zero-order chi connectivity index (χ0) is 49.4. The maximum Gasteiger partial charge on any atom is 0.0568 e. The number of rotatable bonds is 6. The summed E-state index contributed by atoms with van der Waals surface area (Å²) in [5.41, 5.74) is 17.9. The van der Waals surface area contributed by atoms with Crippen LogP contribution < -0.4 is 0 Å². The summed E-state index contributed by atoms with van der Waals surface area (Å²) in [4.78, 5) is 0. The highest BCUT2D eigenvalue weighted by Crippen LogP contribution is 2.44. The van der Waals surface area contributed by atoms with Gasteiger partial charge in [-0.2, -0.15) is 0 Å². The standard InChI is InChI=1S/C65H42N4.C5H10/c1-66-56-25-11-8-21-50(56)53-24-14-23-48(65(53)66)44-31-30-42-37-54-51-22-10-13-27-58(51)69(63(54)40-45(42)36-44)61-29-15-28-60-64(61)55-38-41(33-35-59(55)67(60)46-16-4-2-5-17-46)43-32-34-52-49-20-9-12-26-57(49)68(62(52)39-43)47-18-6-3-7-19-47;1-3-5-4-2/h2-40H,1H3;3,5H,4H2,1-2H3/b;5-3-. The number of nitrogens with zero attached hydrogens (tertiary/aromatic N) is 4. The summed E-state index contributed by atoms with van der Waals surface area (Å²) in [6.45, 7) is 4.16. The molecule has 11 aromatic carbocycles. The molecule has 0 aliphatic carbocycles. The Morgan fingerprint density at radius 3 is 1.61 bits per heavy atom. The molecule has 4 heteroatoms. The van der Waals surface area contributed by atoms with Crippen LogP contribution in [0.25, 0.3) is 137 Å². The Bertz CT molecular complexity index is 4710. The first kappa shape index (κ1) is 43.4. The molecule has 0 radical (unpaired) electrons. The van der Waals surface area contributed by atoms with Gasteiger partial charge in [-0.05, 0) is 132 Å². The van der Waals surface area contributed by atoms with Gasteiger partial charge in [0.25, 0.3) is 0 Å². The third kappa shape index (κ3) is 6.68. The molecule has 0 saturated heterocycles. The molecule has 0 aliphatic heterocycles. The summed E-state index contributed by atoms with van der Waals surface area (Å²) in [5.74, 6) is 0. The van der Waals surface area contributed by atoms with Gasteiger partial charge in [0.05, 0.1) is 44.3 Å². The molecule has 4 aromatic heterocycles. The largest absolute Gasteiger partial charge is 0.343 e.